The van der Waals surface area contributed by atoms with E-state index in [-0.39, 0.29) is 11.3 Å². The highest BCUT2D eigenvalue weighted by Crippen LogP contribution is 2.30. The zero-order valence-corrected chi connectivity index (χ0v) is 13.9. The molecule has 0 aliphatic heterocycles. The van der Waals surface area contributed by atoms with Crippen molar-refractivity contribution in [3.05, 3.63) is 57.0 Å². The van der Waals surface area contributed by atoms with Crippen molar-refractivity contribution < 1.29 is 27.4 Å². The van der Waals surface area contributed by atoms with Crippen LogP contribution in [0.25, 0.3) is 0 Å². The van der Waals surface area contributed by atoms with Crippen LogP contribution in [0, 0.1) is 0 Å². The molecule has 134 valence electrons. The molecule has 1 aromatic carbocycles. The summed E-state index contributed by atoms with van der Waals surface area (Å²) < 4.78 is 49.2. The van der Waals surface area contributed by atoms with Gasteiger partial charge in [0.05, 0.1) is 26.3 Å². The van der Waals surface area contributed by atoms with Gasteiger partial charge in [0.25, 0.3) is 5.56 Å². The molecule has 0 aliphatic carbocycles. The van der Waals surface area contributed by atoms with Crippen LogP contribution in [0.1, 0.15) is 15.9 Å². The average Bonchev–Trinajstić information content (AvgIpc) is 2.56. The molecule has 0 fully saturated rings. The molecule has 5 nitrogen and oxygen atoms in total. The number of carbonyl (C=O) groups is 1. The van der Waals surface area contributed by atoms with Crippen LogP contribution >= 0.6 is 11.6 Å². The van der Waals surface area contributed by atoms with E-state index in [2.05, 4.69) is 0 Å². The van der Waals surface area contributed by atoms with E-state index in [1.807, 2.05) is 0 Å². The fraction of sp³-hybridized carbons (Fsp3) is 0.250. The number of hydrogen-bond acceptors (Lipinski definition) is 4. The second-order valence-corrected chi connectivity index (χ2v) is 5.41. The third kappa shape index (κ3) is 4.14. The van der Waals surface area contributed by atoms with Crippen molar-refractivity contribution in [1.29, 1.82) is 0 Å². The highest BCUT2D eigenvalue weighted by atomic mass is 35.5. The summed E-state index contributed by atoms with van der Waals surface area (Å²) in [5.41, 5.74) is -1.85. The summed E-state index contributed by atoms with van der Waals surface area (Å²) in [7, 11) is 2.80. The van der Waals surface area contributed by atoms with Crippen LogP contribution in [0.2, 0.25) is 5.02 Å². The van der Waals surface area contributed by atoms with Crippen molar-refractivity contribution >= 4 is 17.4 Å². The number of pyridine rings is 1. The molecule has 9 heteroatoms. The second-order valence-electron chi connectivity index (χ2n) is 5.00. The van der Waals surface area contributed by atoms with Crippen LogP contribution in [0.4, 0.5) is 13.2 Å². The fourth-order valence-corrected chi connectivity index (χ4v) is 2.35. The minimum absolute atomic E-state index is 0.151. The lowest BCUT2D eigenvalue weighted by molar-refractivity contribution is -0.138. The SMILES string of the molecule is COc1ccc(C(=O)Cn2cc(C(F)(F)F)cc(Cl)c2=O)cc1OC. The largest absolute Gasteiger partial charge is 0.493 e. The molecule has 0 unspecified atom stereocenters. The van der Waals surface area contributed by atoms with E-state index in [1.165, 1.54) is 32.4 Å². The minimum Gasteiger partial charge on any atom is -0.493 e. The van der Waals surface area contributed by atoms with Gasteiger partial charge in [0.15, 0.2) is 17.3 Å². The third-order valence-corrected chi connectivity index (χ3v) is 3.66. The number of carbonyl (C=O) groups excluding carboxylic acids is 1. The molecule has 2 rings (SSSR count). The Hall–Kier alpha value is -2.48. The van der Waals surface area contributed by atoms with Crippen molar-refractivity contribution in [2.45, 2.75) is 12.7 Å². The summed E-state index contributed by atoms with van der Waals surface area (Å²) in [6.45, 7) is -0.599. The third-order valence-electron chi connectivity index (χ3n) is 3.39. The van der Waals surface area contributed by atoms with Crippen LogP contribution in [-0.4, -0.2) is 24.6 Å². The zero-order chi connectivity index (χ0) is 18.8. The Balaban J connectivity index is 2.38. The van der Waals surface area contributed by atoms with Crippen LogP contribution < -0.4 is 15.0 Å². The lowest BCUT2D eigenvalue weighted by Crippen LogP contribution is -2.26. The summed E-state index contributed by atoms with van der Waals surface area (Å²) in [5, 5.41) is -0.616. The predicted octanol–water partition coefficient (Wildman–Crippen LogP) is 3.42. The summed E-state index contributed by atoms with van der Waals surface area (Å²) in [5.74, 6) is 0.0829. The van der Waals surface area contributed by atoms with Gasteiger partial charge in [0.1, 0.15) is 5.02 Å². The topological polar surface area (TPSA) is 57.5 Å². The van der Waals surface area contributed by atoms with Crippen LogP contribution in [0.5, 0.6) is 11.5 Å². The van der Waals surface area contributed by atoms with Crippen LogP contribution in [0.15, 0.2) is 35.3 Å². The van der Waals surface area contributed by atoms with E-state index in [4.69, 9.17) is 21.1 Å². The maximum Gasteiger partial charge on any atom is 0.417 e. The van der Waals surface area contributed by atoms with E-state index >= 15 is 0 Å². The molecule has 0 spiro atoms. The summed E-state index contributed by atoms with van der Waals surface area (Å²) in [6.07, 6.45) is -4.13. The molecule has 0 bridgehead atoms. The average molecular weight is 376 g/mol. The first-order chi connectivity index (χ1) is 11.7. The number of ether oxygens (including phenoxy) is 2. The maximum atomic E-state index is 12.8. The molecule has 2 aromatic rings. The van der Waals surface area contributed by atoms with Crippen molar-refractivity contribution in [2.24, 2.45) is 0 Å². The van der Waals surface area contributed by atoms with Gasteiger partial charge in [-0.25, -0.2) is 0 Å². The quantitative estimate of drug-likeness (QED) is 0.751. The van der Waals surface area contributed by atoms with E-state index in [9.17, 15) is 22.8 Å². The summed E-state index contributed by atoms with van der Waals surface area (Å²) in [6, 6.07) is 4.81. The molecular weight excluding hydrogens is 363 g/mol. The van der Waals surface area contributed by atoms with Gasteiger partial charge >= 0.3 is 6.18 Å². The zero-order valence-electron chi connectivity index (χ0n) is 13.2. The molecule has 0 saturated heterocycles. The summed E-state index contributed by atoms with van der Waals surface area (Å²) in [4.78, 5) is 24.2. The second kappa shape index (κ2) is 7.18. The van der Waals surface area contributed by atoms with E-state index in [0.717, 1.165) is 0 Å². The van der Waals surface area contributed by atoms with Gasteiger partial charge in [0, 0.05) is 11.8 Å². The molecular formula is C16H13ClF3NO4. The van der Waals surface area contributed by atoms with Crippen molar-refractivity contribution in [3.8, 4) is 11.5 Å². The first kappa shape index (κ1) is 18.9. The highest BCUT2D eigenvalue weighted by molar-refractivity contribution is 6.30. The van der Waals surface area contributed by atoms with Crippen molar-refractivity contribution in [3.63, 3.8) is 0 Å². The standard InChI is InChI=1S/C16H13ClF3NO4/c1-24-13-4-3-9(5-14(13)25-2)12(22)8-21-7-10(16(18,19)20)6-11(17)15(21)23/h3-7H,8H2,1-2H3. The van der Waals surface area contributed by atoms with Crippen LogP contribution in [-0.2, 0) is 12.7 Å². The van der Waals surface area contributed by atoms with Gasteiger partial charge in [-0.2, -0.15) is 13.2 Å². The van der Waals surface area contributed by atoms with Gasteiger partial charge in [-0.15, -0.1) is 0 Å². The number of halogens is 4. The van der Waals surface area contributed by atoms with E-state index in [1.54, 1.807) is 0 Å². The van der Waals surface area contributed by atoms with Gasteiger partial charge < -0.3 is 14.0 Å². The molecule has 1 aromatic heterocycles. The first-order valence-corrected chi connectivity index (χ1v) is 7.27. The number of Topliss-reactive ketones (excluding diaryl/α,β-unsaturated/α-hetero) is 1. The summed E-state index contributed by atoms with van der Waals surface area (Å²) >= 11 is 5.56. The monoisotopic (exact) mass is 375 g/mol. The maximum absolute atomic E-state index is 12.8. The van der Waals surface area contributed by atoms with Gasteiger partial charge in [-0.3, -0.25) is 9.59 Å². The Kier molecular flexibility index (Phi) is 5.42. The van der Waals surface area contributed by atoms with Gasteiger partial charge in [-0.05, 0) is 24.3 Å². The molecule has 0 aliphatic rings. The number of alkyl halides is 3. The molecule has 0 saturated carbocycles. The van der Waals surface area contributed by atoms with Crippen LogP contribution in [0.3, 0.4) is 0 Å². The van der Waals surface area contributed by atoms with E-state index < -0.39 is 34.6 Å². The lowest BCUT2D eigenvalue weighted by atomic mass is 10.1. The molecule has 0 N–H and O–H groups in total. The number of nitrogens with zero attached hydrogens (tertiary/aromatic N) is 1. The Morgan fingerprint density at radius 3 is 2.36 bits per heavy atom. The number of rotatable bonds is 5. The predicted molar refractivity (Wildman–Crippen MR) is 84.6 cm³/mol. The Morgan fingerprint density at radius 1 is 1.16 bits per heavy atom. The molecule has 25 heavy (non-hydrogen) atoms. The number of aromatic nitrogens is 1. The van der Waals surface area contributed by atoms with Gasteiger partial charge in [-0.1, -0.05) is 11.6 Å². The Labute approximate surface area is 145 Å². The van der Waals surface area contributed by atoms with Crippen molar-refractivity contribution in [2.75, 3.05) is 14.2 Å². The van der Waals surface area contributed by atoms with Gasteiger partial charge in [0.2, 0.25) is 0 Å². The number of methoxy groups -OCH3 is 2. The normalized spacial score (nSPS) is 11.3. The fourth-order valence-electron chi connectivity index (χ4n) is 2.13. The van der Waals surface area contributed by atoms with E-state index in [0.29, 0.717) is 22.6 Å². The Morgan fingerprint density at radius 2 is 1.80 bits per heavy atom. The molecule has 0 radical (unpaired) electrons. The molecule has 0 amide bonds. The number of hydrogen-bond donors (Lipinski definition) is 0. The molecule has 0 atom stereocenters. The lowest BCUT2D eigenvalue weighted by Gasteiger charge is -2.12. The number of benzene rings is 1. The van der Waals surface area contributed by atoms with Crippen molar-refractivity contribution in [1.82, 2.24) is 4.57 Å². The first-order valence-electron chi connectivity index (χ1n) is 6.89. The minimum atomic E-state index is -4.69. The Bertz CT molecular complexity index is 861. The highest BCUT2D eigenvalue weighted by Gasteiger charge is 2.32. The molecule has 1 heterocycles. The smallest absolute Gasteiger partial charge is 0.417 e. The number of ketones is 1.